The summed E-state index contributed by atoms with van der Waals surface area (Å²) in [6, 6.07) is 20.8. The number of amides is 3. The van der Waals surface area contributed by atoms with Gasteiger partial charge < -0.3 is 20.3 Å². The number of benzene rings is 3. The van der Waals surface area contributed by atoms with E-state index in [0.29, 0.717) is 35.1 Å². The van der Waals surface area contributed by atoms with Gasteiger partial charge >= 0.3 is 0 Å². The Kier molecular flexibility index (Phi) is 8.89. The molecular weight excluding hydrogens is 546 g/mol. The van der Waals surface area contributed by atoms with Crippen LogP contribution in [-0.4, -0.2) is 49.9 Å². The molecule has 2 aliphatic heterocycles. The highest BCUT2D eigenvalue weighted by Gasteiger charge is 2.23. The fourth-order valence-corrected chi connectivity index (χ4v) is 4.57. The summed E-state index contributed by atoms with van der Waals surface area (Å²) in [4.78, 5) is 40.1. The molecule has 1 saturated heterocycles. The molecule has 11 nitrogen and oxygen atoms in total. The van der Waals surface area contributed by atoms with Gasteiger partial charge in [-0.05, 0) is 54.1 Å². The summed E-state index contributed by atoms with van der Waals surface area (Å²) in [5.74, 6) is -0.940. The van der Waals surface area contributed by atoms with Crippen LogP contribution in [-0.2, 0) is 25.5 Å². The van der Waals surface area contributed by atoms with E-state index in [1.165, 1.54) is 6.08 Å². The monoisotopic (exact) mass is 573 g/mol. The molecule has 3 amide bonds. The third-order valence-electron chi connectivity index (χ3n) is 6.42. The van der Waals surface area contributed by atoms with Crippen LogP contribution in [0.2, 0.25) is 5.02 Å². The summed E-state index contributed by atoms with van der Waals surface area (Å²) in [6.45, 7) is 0.991. The first kappa shape index (κ1) is 27.8. The summed E-state index contributed by atoms with van der Waals surface area (Å²) in [6.07, 6.45) is 4.81. The number of carbonyl (C=O) groups is 3. The van der Waals surface area contributed by atoms with Crippen molar-refractivity contribution in [2.45, 2.75) is 12.5 Å². The molecule has 4 N–H and O–H groups in total. The topological polar surface area (TPSA) is 127 Å². The minimum Gasteiger partial charge on any atom is -0.370 e. The quantitative estimate of drug-likeness (QED) is 0.290. The first-order valence-electron chi connectivity index (χ1n) is 12.9. The van der Waals surface area contributed by atoms with E-state index in [1.807, 2.05) is 30.3 Å². The number of anilines is 3. The van der Waals surface area contributed by atoms with Crippen molar-refractivity contribution >= 4 is 58.8 Å². The zero-order valence-electron chi connectivity index (χ0n) is 21.9. The Morgan fingerprint density at radius 3 is 2.63 bits per heavy atom. The highest BCUT2D eigenvalue weighted by atomic mass is 35.5. The number of hydrazine groups is 2. The Hall–Kier alpha value is -4.71. The second-order valence-corrected chi connectivity index (χ2v) is 9.70. The maximum absolute atomic E-state index is 13.4. The molecule has 1 fully saturated rings. The zero-order valence-corrected chi connectivity index (χ0v) is 22.7. The van der Waals surface area contributed by atoms with Crippen molar-refractivity contribution in [3.05, 3.63) is 95.0 Å². The number of hydrogen-bond acceptors (Lipinski definition) is 8. The molecule has 0 saturated carbocycles. The summed E-state index contributed by atoms with van der Waals surface area (Å²) < 4.78 is 5.19. The minimum atomic E-state index is -0.856. The van der Waals surface area contributed by atoms with Gasteiger partial charge in [-0.2, -0.15) is 5.10 Å². The van der Waals surface area contributed by atoms with Gasteiger partial charge in [-0.15, -0.1) is 5.53 Å². The van der Waals surface area contributed by atoms with Crippen LogP contribution in [0.25, 0.3) is 6.08 Å². The Balaban J connectivity index is 1.29. The third-order valence-corrected chi connectivity index (χ3v) is 6.65. The van der Waals surface area contributed by atoms with Gasteiger partial charge in [-0.3, -0.25) is 14.4 Å². The predicted molar refractivity (Wildman–Crippen MR) is 158 cm³/mol. The molecule has 0 spiro atoms. The van der Waals surface area contributed by atoms with E-state index in [4.69, 9.17) is 16.3 Å². The predicted octanol–water partition coefficient (Wildman–Crippen LogP) is 2.86. The fourth-order valence-electron chi connectivity index (χ4n) is 4.39. The van der Waals surface area contributed by atoms with E-state index in [1.54, 1.807) is 64.8 Å². The van der Waals surface area contributed by atoms with Crippen LogP contribution in [0.1, 0.15) is 11.1 Å². The van der Waals surface area contributed by atoms with Crippen LogP contribution < -0.4 is 31.6 Å². The molecule has 3 aromatic carbocycles. The van der Waals surface area contributed by atoms with Gasteiger partial charge in [0.05, 0.1) is 12.3 Å². The summed E-state index contributed by atoms with van der Waals surface area (Å²) in [5.41, 5.74) is 9.01. The lowest BCUT2D eigenvalue weighted by Gasteiger charge is -2.27. The maximum Gasteiger partial charge on any atom is 0.253 e. The first-order valence-corrected chi connectivity index (χ1v) is 13.3. The number of nitrogens with zero attached hydrogens (tertiary/aromatic N) is 3. The second-order valence-electron chi connectivity index (χ2n) is 9.26. The van der Waals surface area contributed by atoms with Crippen molar-refractivity contribution in [3.8, 4) is 0 Å². The zero-order chi connectivity index (χ0) is 28.6. The van der Waals surface area contributed by atoms with Crippen LogP contribution in [0, 0.1) is 0 Å². The fraction of sp³-hybridized carbons (Fsp3) is 0.172. The highest BCUT2D eigenvalue weighted by Crippen LogP contribution is 2.25. The number of ether oxygens (including phenoxy) is 1. The Morgan fingerprint density at radius 2 is 1.90 bits per heavy atom. The van der Waals surface area contributed by atoms with Crippen molar-refractivity contribution in [3.63, 3.8) is 0 Å². The van der Waals surface area contributed by atoms with Gasteiger partial charge in [0.15, 0.2) is 0 Å². The largest absolute Gasteiger partial charge is 0.370 e. The lowest BCUT2D eigenvalue weighted by Crippen LogP contribution is -2.44. The van der Waals surface area contributed by atoms with Crippen molar-refractivity contribution in [2.75, 3.05) is 35.0 Å². The lowest BCUT2D eigenvalue weighted by molar-refractivity contribution is -0.125. The molecule has 2 aliphatic rings. The molecule has 1 atom stereocenters. The molecule has 2 heterocycles. The van der Waals surface area contributed by atoms with Crippen LogP contribution in [0.3, 0.4) is 0 Å². The van der Waals surface area contributed by atoms with Crippen LogP contribution in [0.5, 0.6) is 0 Å². The SMILES string of the molecule is O=C(/C=C/c1cc(Cl)ccc1N1C=NNN1)N[C@@H](Cc1ccccc1)C(=O)Nc1ccc(N2CCOCC2=O)cc1. The molecule has 12 heteroatoms. The molecule has 3 aromatic rings. The van der Waals surface area contributed by atoms with E-state index in [2.05, 4.69) is 26.8 Å². The minimum absolute atomic E-state index is 0.0486. The first-order chi connectivity index (χ1) is 20.0. The molecular formula is C29H28ClN7O4. The molecule has 210 valence electrons. The molecule has 0 aliphatic carbocycles. The molecule has 0 radical (unpaired) electrons. The Labute approximate surface area is 241 Å². The van der Waals surface area contributed by atoms with Crippen molar-refractivity contribution < 1.29 is 19.1 Å². The normalized spacial score (nSPS) is 15.6. The van der Waals surface area contributed by atoms with E-state index >= 15 is 0 Å². The van der Waals surface area contributed by atoms with Gasteiger partial charge in [-0.25, -0.2) is 10.5 Å². The number of morpholine rings is 1. The molecule has 0 aromatic heterocycles. The summed E-state index contributed by atoms with van der Waals surface area (Å²) >= 11 is 6.19. The average molecular weight is 574 g/mol. The van der Waals surface area contributed by atoms with Gasteiger partial charge in [-0.1, -0.05) is 41.9 Å². The maximum atomic E-state index is 13.4. The highest BCUT2D eigenvalue weighted by molar-refractivity contribution is 6.30. The molecule has 5 rings (SSSR count). The molecule has 41 heavy (non-hydrogen) atoms. The average Bonchev–Trinajstić information content (AvgIpc) is 3.52. The number of hydrogen-bond donors (Lipinski definition) is 4. The van der Waals surface area contributed by atoms with Crippen LogP contribution in [0.15, 0.2) is 84.0 Å². The third kappa shape index (κ3) is 7.28. The van der Waals surface area contributed by atoms with E-state index in [0.717, 1.165) is 11.3 Å². The van der Waals surface area contributed by atoms with Crippen molar-refractivity contribution in [1.29, 1.82) is 0 Å². The van der Waals surface area contributed by atoms with Gasteiger partial charge in [0.1, 0.15) is 19.0 Å². The van der Waals surface area contributed by atoms with Gasteiger partial charge in [0, 0.05) is 41.0 Å². The lowest BCUT2D eigenvalue weighted by atomic mass is 10.0. The summed E-state index contributed by atoms with van der Waals surface area (Å²) in [5, 5.41) is 11.7. The van der Waals surface area contributed by atoms with Crippen molar-refractivity contribution in [1.82, 2.24) is 16.4 Å². The van der Waals surface area contributed by atoms with Gasteiger partial charge in [0.2, 0.25) is 11.8 Å². The smallest absolute Gasteiger partial charge is 0.253 e. The molecule has 0 bridgehead atoms. The Bertz CT molecular complexity index is 1460. The molecule has 0 unspecified atom stereocenters. The number of rotatable bonds is 9. The van der Waals surface area contributed by atoms with E-state index < -0.39 is 11.9 Å². The Morgan fingerprint density at radius 1 is 1.10 bits per heavy atom. The number of hydrazone groups is 1. The summed E-state index contributed by atoms with van der Waals surface area (Å²) in [7, 11) is 0. The van der Waals surface area contributed by atoms with E-state index in [-0.39, 0.29) is 24.8 Å². The number of nitrogens with one attached hydrogen (secondary N) is 4. The standard InChI is InChI=1S/C29H28ClN7O4/c30-22-7-12-26(37-19-31-34-35-37)21(17-22)6-13-27(38)33-25(16-20-4-2-1-3-5-20)29(40)32-23-8-10-24(11-9-23)36-14-15-41-18-28(36)39/h1-13,17,19,25,34-35H,14-16,18H2,(H,32,40)(H,33,38)/b13-6+/t25-/m0/s1. The van der Waals surface area contributed by atoms with Crippen LogP contribution in [0.4, 0.5) is 17.1 Å². The van der Waals surface area contributed by atoms with E-state index in [9.17, 15) is 14.4 Å². The van der Waals surface area contributed by atoms with Crippen LogP contribution >= 0.6 is 11.6 Å². The second kappa shape index (κ2) is 13.1. The van der Waals surface area contributed by atoms with Crippen molar-refractivity contribution in [2.24, 2.45) is 5.10 Å². The number of carbonyl (C=O) groups excluding carboxylic acids is 3. The van der Waals surface area contributed by atoms with Gasteiger partial charge in [0.25, 0.3) is 5.91 Å². The number of halogens is 1.